The van der Waals surface area contributed by atoms with Crippen LogP contribution in [0.15, 0.2) is 6.20 Å². The Balaban J connectivity index is 1.93. The zero-order valence-electron chi connectivity index (χ0n) is 9.57. The molecule has 3 rings (SSSR count). The Morgan fingerprint density at radius 3 is 2.71 bits per heavy atom. The second-order valence-electron chi connectivity index (χ2n) is 4.60. The monoisotopic (exact) mass is 238 g/mol. The minimum absolute atomic E-state index is 0.0776. The fourth-order valence-electron chi connectivity index (χ4n) is 2.70. The zero-order chi connectivity index (χ0) is 12.0. The summed E-state index contributed by atoms with van der Waals surface area (Å²) in [4.78, 5) is 12.6. The first-order valence-corrected chi connectivity index (χ1v) is 5.72. The van der Waals surface area contributed by atoms with E-state index >= 15 is 0 Å². The molecule has 3 heterocycles. The van der Waals surface area contributed by atoms with E-state index in [-0.39, 0.29) is 22.8 Å². The number of nitrogens with zero attached hydrogens (tertiary/aromatic N) is 4. The Labute approximate surface area is 98.1 Å². The molecule has 2 aliphatic rings. The van der Waals surface area contributed by atoms with Crippen LogP contribution in [0.4, 0.5) is 11.5 Å². The van der Waals surface area contributed by atoms with Crippen molar-refractivity contribution in [2.24, 2.45) is 7.05 Å². The highest BCUT2D eigenvalue weighted by molar-refractivity contribution is 5.58. The summed E-state index contributed by atoms with van der Waals surface area (Å²) in [5.41, 5.74) is 0.0776. The second-order valence-corrected chi connectivity index (χ2v) is 4.60. The van der Waals surface area contributed by atoms with Crippen LogP contribution in [0.3, 0.4) is 0 Å². The summed E-state index contributed by atoms with van der Waals surface area (Å²) in [6.07, 6.45) is 3.83. The number of ether oxygens (including phenoxy) is 1. The van der Waals surface area contributed by atoms with Gasteiger partial charge in [-0.15, -0.1) is 0 Å². The summed E-state index contributed by atoms with van der Waals surface area (Å²) < 4.78 is 7.30. The molecule has 7 heteroatoms. The van der Waals surface area contributed by atoms with Gasteiger partial charge in [0.25, 0.3) is 0 Å². The summed E-state index contributed by atoms with van der Waals surface area (Å²) in [5.74, 6) is 0.593. The van der Waals surface area contributed by atoms with E-state index in [4.69, 9.17) is 4.74 Å². The number of aryl methyl sites for hydroxylation is 1. The molecule has 0 spiro atoms. The molecule has 17 heavy (non-hydrogen) atoms. The van der Waals surface area contributed by atoms with Gasteiger partial charge in [-0.3, -0.25) is 10.1 Å². The van der Waals surface area contributed by atoms with E-state index < -0.39 is 0 Å². The maximum atomic E-state index is 11.0. The molecule has 2 aliphatic heterocycles. The minimum atomic E-state index is -0.375. The predicted molar refractivity (Wildman–Crippen MR) is 60.0 cm³/mol. The van der Waals surface area contributed by atoms with Gasteiger partial charge in [0, 0.05) is 20.1 Å². The molecule has 1 aromatic rings. The first kappa shape index (κ1) is 10.5. The number of morpholine rings is 1. The fraction of sp³-hybridized carbons (Fsp3) is 0.700. The molecule has 0 radical (unpaired) electrons. The average Bonchev–Trinajstić information content (AvgIpc) is 2.82. The molecule has 1 aromatic heterocycles. The van der Waals surface area contributed by atoms with Crippen LogP contribution < -0.4 is 4.90 Å². The quantitative estimate of drug-likeness (QED) is 0.560. The summed E-state index contributed by atoms with van der Waals surface area (Å²) in [6, 6.07) is 0. The van der Waals surface area contributed by atoms with Crippen LogP contribution in [0.5, 0.6) is 0 Å². The Bertz CT molecular complexity index is 446. The maximum absolute atomic E-state index is 11.0. The lowest BCUT2D eigenvalue weighted by Crippen LogP contribution is -2.43. The molecule has 2 saturated heterocycles. The van der Waals surface area contributed by atoms with Crippen molar-refractivity contribution in [2.75, 3.05) is 18.0 Å². The van der Waals surface area contributed by atoms with Crippen molar-refractivity contribution >= 4 is 11.5 Å². The van der Waals surface area contributed by atoms with E-state index in [9.17, 15) is 10.1 Å². The topological polar surface area (TPSA) is 73.4 Å². The van der Waals surface area contributed by atoms with E-state index in [1.807, 2.05) is 4.90 Å². The van der Waals surface area contributed by atoms with Crippen molar-refractivity contribution in [3.63, 3.8) is 0 Å². The van der Waals surface area contributed by atoms with Crippen LogP contribution in [0.2, 0.25) is 0 Å². The SMILES string of the molecule is Cn1ncc([N+](=O)[O-])c1N1C[C@H]2CC[C@@H](C1)O2. The summed E-state index contributed by atoms with van der Waals surface area (Å²) in [6.45, 7) is 1.44. The number of hydrogen-bond donors (Lipinski definition) is 0. The third-order valence-corrected chi connectivity index (χ3v) is 3.43. The Morgan fingerprint density at radius 1 is 1.47 bits per heavy atom. The largest absolute Gasteiger partial charge is 0.371 e. The molecule has 0 saturated carbocycles. The maximum Gasteiger partial charge on any atom is 0.331 e. The van der Waals surface area contributed by atoms with Crippen molar-refractivity contribution in [2.45, 2.75) is 25.0 Å². The number of aromatic nitrogens is 2. The third kappa shape index (κ3) is 1.66. The first-order chi connectivity index (χ1) is 8.15. The Kier molecular flexibility index (Phi) is 2.29. The van der Waals surface area contributed by atoms with Crippen LogP contribution in [-0.4, -0.2) is 40.0 Å². The molecule has 0 aliphatic carbocycles. The Hall–Kier alpha value is -1.63. The molecule has 0 unspecified atom stereocenters. The van der Waals surface area contributed by atoms with Gasteiger partial charge in [-0.1, -0.05) is 0 Å². The zero-order valence-corrected chi connectivity index (χ0v) is 9.57. The van der Waals surface area contributed by atoms with Crippen LogP contribution in [0.1, 0.15) is 12.8 Å². The van der Waals surface area contributed by atoms with Gasteiger partial charge in [0.05, 0.1) is 17.1 Å². The minimum Gasteiger partial charge on any atom is -0.371 e. The predicted octanol–water partition coefficient (Wildman–Crippen LogP) is 0.696. The van der Waals surface area contributed by atoms with Gasteiger partial charge < -0.3 is 9.64 Å². The molecular weight excluding hydrogens is 224 g/mol. The molecule has 0 N–H and O–H groups in total. The van der Waals surface area contributed by atoms with Gasteiger partial charge in [0.15, 0.2) is 0 Å². The molecule has 0 amide bonds. The summed E-state index contributed by atoms with van der Waals surface area (Å²) in [7, 11) is 1.74. The highest BCUT2D eigenvalue weighted by Crippen LogP contribution is 2.33. The van der Waals surface area contributed by atoms with Gasteiger partial charge in [0.1, 0.15) is 6.20 Å². The fourth-order valence-corrected chi connectivity index (χ4v) is 2.70. The number of hydrogen-bond acceptors (Lipinski definition) is 5. The highest BCUT2D eigenvalue weighted by Gasteiger charge is 2.37. The number of fused-ring (bicyclic) bond motifs is 2. The third-order valence-electron chi connectivity index (χ3n) is 3.43. The molecular formula is C10H14N4O3. The van der Waals surface area contributed by atoms with Crippen LogP contribution in [0.25, 0.3) is 0 Å². The van der Waals surface area contributed by atoms with E-state index in [2.05, 4.69) is 5.10 Å². The number of rotatable bonds is 2. The molecule has 2 atom stereocenters. The van der Waals surface area contributed by atoms with Gasteiger partial charge >= 0.3 is 5.69 Å². The summed E-state index contributed by atoms with van der Waals surface area (Å²) in [5, 5.41) is 14.9. The lowest BCUT2D eigenvalue weighted by Gasteiger charge is -2.32. The Morgan fingerprint density at radius 2 is 2.12 bits per heavy atom. The van der Waals surface area contributed by atoms with Crippen molar-refractivity contribution in [3.05, 3.63) is 16.3 Å². The van der Waals surface area contributed by atoms with Gasteiger partial charge in [-0.05, 0) is 12.8 Å². The molecule has 0 aromatic carbocycles. The van der Waals surface area contributed by atoms with E-state index in [0.29, 0.717) is 5.82 Å². The molecule has 92 valence electrons. The number of anilines is 1. The molecule has 2 fully saturated rings. The van der Waals surface area contributed by atoms with Crippen molar-refractivity contribution in [1.29, 1.82) is 0 Å². The average molecular weight is 238 g/mol. The second kappa shape index (κ2) is 3.69. The molecule has 2 bridgehead atoms. The van der Waals surface area contributed by atoms with E-state index in [0.717, 1.165) is 25.9 Å². The van der Waals surface area contributed by atoms with E-state index in [1.54, 1.807) is 11.7 Å². The lowest BCUT2D eigenvalue weighted by molar-refractivity contribution is -0.384. The smallest absolute Gasteiger partial charge is 0.331 e. The van der Waals surface area contributed by atoms with Crippen molar-refractivity contribution < 1.29 is 9.66 Å². The van der Waals surface area contributed by atoms with Crippen molar-refractivity contribution in [3.8, 4) is 0 Å². The standard InChI is InChI=1S/C10H14N4O3/c1-12-10(9(4-11-12)14(15)16)13-5-7-2-3-8(6-13)17-7/h4,7-8H,2-3,5-6H2,1H3/t7-,8+. The summed E-state index contributed by atoms with van der Waals surface area (Å²) >= 11 is 0. The lowest BCUT2D eigenvalue weighted by atomic mass is 10.2. The first-order valence-electron chi connectivity index (χ1n) is 5.72. The van der Waals surface area contributed by atoms with Gasteiger partial charge in [0.2, 0.25) is 5.82 Å². The van der Waals surface area contributed by atoms with Gasteiger partial charge in [-0.2, -0.15) is 5.10 Å². The highest BCUT2D eigenvalue weighted by atomic mass is 16.6. The van der Waals surface area contributed by atoms with Crippen LogP contribution in [0, 0.1) is 10.1 Å². The molecule has 7 nitrogen and oxygen atoms in total. The normalized spacial score (nSPS) is 27.5. The van der Waals surface area contributed by atoms with Crippen molar-refractivity contribution in [1.82, 2.24) is 9.78 Å². The van der Waals surface area contributed by atoms with Crippen LogP contribution in [-0.2, 0) is 11.8 Å². The van der Waals surface area contributed by atoms with E-state index in [1.165, 1.54) is 6.20 Å². The number of nitro groups is 1. The van der Waals surface area contributed by atoms with Crippen LogP contribution >= 0.6 is 0 Å². The van der Waals surface area contributed by atoms with Gasteiger partial charge in [-0.25, -0.2) is 4.68 Å².